The number of amides is 1. The molecule has 1 aromatic carbocycles. The molecule has 0 unspecified atom stereocenters. The molecule has 2 heterocycles. The van der Waals surface area contributed by atoms with Crippen LogP contribution in [0.15, 0.2) is 28.7 Å². The van der Waals surface area contributed by atoms with Gasteiger partial charge in [0.2, 0.25) is 5.91 Å². The zero-order chi connectivity index (χ0) is 18.4. The summed E-state index contributed by atoms with van der Waals surface area (Å²) in [4.78, 5) is 18.0. The zero-order valence-corrected chi connectivity index (χ0v) is 17.3. The van der Waals surface area contributed by atoms with Gasteiger partial charge in [-0.25, -0.2) is 0 Å². The number of carbonyl (C=O) groups is 1. The number of piperazine rings is 1. The molecule has 0 radical (unpaired) electrons. The van der Waals surface area contributed by atoms with E-state index in [1.807, 2.05) is 12.1 Å². The van der Waals surface area contributed by atoms with Crippen LogP contribution < -0.4 is 5.32 Å². The van der Waals surface area contributed by atoms with Crippen molar-refractivity contribution < 1.29 is 9.53 Å². The topological polar surface area (TPSA) is 44.8 Å². The molecule has 1 aromatic rings. The van der Waals surface area contributed by atoms with Gasteiger partial charge in [0.1, 0.15) is 0 Å². The molecule has 2 saturated heterocycles. The Morgan fingerprint density at radius 2 is 1.81 bits per heavy atom. The lowest BCUT2D eigenvalue weighted by atomic mass is 9.73. The summed E-state index contributed by atoms with van der Waals surface area (Å²) in [7, 11) is 2.17. The second-order valence-corrected chi connectivity index (χ2v) is 8.37. The van der Waals surface area contributed by atoms with Crippen LogP contribution in [0.4, 0.5) is 0 Å². The van der Waals surface area contributed by atoms with E-state index in [1.54, 1.807) is 0 Å². The van der Waals surface area contributed by atoms with E-state index in [1.165, 1.54) is 0 Å². The van der Waals surface area contributed by atoms with Crippen LogP contribution in [0.1, 0.15) is 24.8 Å². The van der Waals surface area contributed by atoms with Gasteiger partial charge in [-0.05, 0) is 50.6 Å². The van der Waals surface area contributed by atoms with Gasteiger partial charge in [0, 0.05) is 50.4 Å². The molecular formula is C20H30BrN3O2. The number of nitrogens with one attached hydrogen (secondary N) is 1. The summed E-state index contributed by atoms with van der Waals surface area (Å²) in [5.74, 6) is 0.154. The lowest BCUT2D eigenvalue weighted by Gasteiger charge is -2.36. The van der Waals surface area contributed by atoms with Crippen LogP contribution in [-0.4, -0.2) is 75.2 Å². The fourth-order valence-corrected chi connectivity index (χ4v) is 4.15. The second kappa shape index (κ2) is 9.31. The summed E-state index contributed by atoms with van der Waals surface area (Å²) in [6.07, 6.45) is 2.50. The Labute approximate surface area is 165 Å². The highest BCUT2D eigenvalue weighted by Gasteiger charge is 2.41. The molecule has 5 nitrogen and oxygen atoms in total. The monoisotopic (exact) mass is 423 g/mol. The zero-order valence-electron chi connectivity index (χ0n) is 15.7. The van der Waals surface area contributed by atoms with Crippen LogP contribution in [0.5, 0.6) is 0 Å². The molecule has 0 spiro atoms. The van der Waals surface area contributed by atoms with E-state index in [-0.39, 0.29) is 5.91 Å². The van der Waals surface area contributed by atoms with Crippen molar-refractivity contribution in [3.63, 3.8) is 0 Å². The third kappa shape index (κ3) is 4.85. The van der Waals surface area contributed by atoms with Gasteiger partial charge in [-0.15, -0.1) is 0 Å². The molecule has 2 aliphatic heterocycles. The Morgan fingerprint density at radius 1 is 1.15 bits per heavy atom. The molecule has 0 aromatic heterocycles. The predicted octanol–water partition coefficient (Wildman–Crippen LogP) is 2.25. The Hall–Kier alpha value is -0.950. The molecule has 0 atom stereocenters. The first-order valence-corrected chi connectivity index (χ1v) is 10.4. The number of carbonyl (C=O) groups excluding carboxylic acids is 1. The minimum atomic E-state index is -0.452. The molecule has 1 amide bonds. The summed E-state index contributed by atoms with van der Waals surface area (Å²) in [6.45, 7) is 7.62. The van der Waals surface area contributed by atoms with Crippen molar-refractivity contribution in [3.05, 3.63) is 34.3 Å². The van der Waals surface area contributed by atoms with Crippen LogP contribution in [0.25, 0.3) is 0 Å². The van der Waals surface area contributed by atoms with Gasteiger partial charge in [-0.2, -0.15) is 0 Å². The van der Waals surface area contributed by atoms with Gasteiger partial charge in [0.25, 0.3) is 0 Å². The summed E-state index contributed by atoms with van der Waals surface area (Å²) in [6, 6.07) is 8.18. The number of likely N-dealkylation sites (N-methyl/N-ethyl adjacent to an activating group) is 1. The van der Waals surface area contributed by atoms with Gasteiger partial charge in [-0.1, -0.05) is 28.1 Å². The molecule has 0 saturated carbocycles. The molecule has 0 aliphatic carbocycles. The van der Waals surface area contributed by atoms with E-state index >= 15 is 0 Å². The first-order chi connectivity index (χ1) is 12.6. The van der Waals surface area contributed by atoms with E-state index in [9.17, 15) is 4.79 Å². The third-order valence-electron chi connectivity index (χ3n) is 5.71. The molecule has 144 valence electrons. The molecule has 2 fully saturated rings. The van der Waals surface area contributed by atoms with Gasteiger partial charge in [-0.3, -0.25) is 4.79 Å². The summed E-state index contributed by atoms with van der Waals surface area (Å²) in [5.41, 5.74) is 0.646. The second-order valence-electron chi connectivity index (χ2n) is 7.46. The van der Waals surface area contributed by atoms with Crippen molar-refractivity contribution >= 4 is 21.8 Å². The first-order valence-electron chi connectivity index (χ1n) is 9.63. The van der Waals surface area contributed by atoms with Crippen molar-refractivity contribution in [1.82, 2.24) is 15.1 Å². The highest BCUT2D eigenvalue weighted by atomic mass is 79.9. The molecule has 26 heavy (non-hydrogen) atoms. The maximum absolute atomic E-state index is 13.1. The van der Waals surface area contributed by atoms with Crippen LogP contribution in [-0.2, 0) is 14.9 Å². The number of hydrogen-bond donors (Lipinski definition) is 1. The first kappa shape index (κ1) is 19.8. The average Bonchev–Trinajstić information content (AvgIpc) is 2.67. The lowest BCUT2D eigenvalue weighted by molar-refractivity contribution is -0.130. The minimum absolute atomic E-state index is 0.154. The number of nitrogens with zero attached hydrogens (tertiary/aromatic N) is 2. The van der Waals surface area contributed by atoms with E-state index in [2.05, 4.69) is 50.2 Å². The van der Waals surface area contributed by atoms with Crippen molar-refractivity contribution in [2.75, 3.05) is 59.5 Å². The number of benzene rings is 1. The normalized spacial score (nSPS) is 21.5. The molecule has 0 bridgehead atoms. The van der Waals surface area contributed by atoms with Crippen molar-refractivity contribution in [1.29, 1.82) is 0 Å². The largest absolute Gasteiger partial charge is 0.381 e. The van der Waals surface area contributed by atoms with Crippen LogP contribution >= 0.6 is 15.9 Å². The molecule has 1 N–H and O–H groups in total. The van der Waals surface area contributed by atoms with Crippen LogP contribution in [0.2, 0.25) is 0 Å². The van der Waals surface area contributed by atoms with Crippen molar-refractivity contribution in [3.8, 4) is 0 Å². The maximum atomic E-state index is 13.1. The third-order valence-corrected chi connectivity index (χ3v) is 6.24. The average molecular weight is 424 g/mol. The van der Waals surface area contributed by atoms with Gasteiger partial charge in [0.15, 0.2) is 0 Å². The summed E-state index contributed by atoms with van der Waals surface area (Å²) >= 11 is 3.48. The molecule has 3 rings (SSSR count). The van der Waals surface area contributed by atoms with Crippen molar-refractivity contribution in [2.45, 2.75) is 24.7 Å². The van der Waals surface area contributed by atoms with Gasteiger partial charge >= 0.3 is 0 Å². The minimum Gasteiger partial charge on any atom is -0.381 e. The fourth-order valence-electron chi connectivity index (χ4n) is 3.88. The predicted molar refractivity (Wildman–Crippen MR) is 107 cm³/mol. The lowest BCUT2D eigenvalue weighted by Crippen LogP contribution is -2.49. The highest BCUT2D eigenvalue weighted by Crippen LogP contribution is 2.35. The maximum Gasteiger partial charge on any atom is 0.230 e. The van der Waals surface area contributed by atoms with Gasteiger partial charge < -0.3 is 19.9 Å². The Balaban J connectivity index is 1.54. The van der Waals surface area contributed by atoms with Crippen LogP contribution in [0.3, 0.4) is 0 Å². The van der Waals surface area contributed by atoms with E-state index in [4.69, 9.17) is 4.74 Å². The van der Waals surface area contributed by atoms with E-state index in [0.717, 1.165) is 68.6 Å². The fraction of sp³-hybridized carbons (Fsp3) is 0.650. The Bertz CT molecular complexity index is 579. The Kier molecular flexibility index (Phi) is 7.09. The van der Waals surface area contributed by atoms with E-state index in [0.29, 0.717) is 13.2 Å². The molecule has 2 aliphatic rings. The summed E-state index contributed by atoms with van der Waals surface area (Å²) < 4.78 is 6.57. The highest BCUT2D eigenvalue weighted by molar-refractivity contribution is 9.10. The standard InChI is InChI=1S/C20H30BrN3O2/c1-23-11-13-24(14-12-23)10-2-9-22-19(25)20(7-15-26-16-8-20)17-3-5-18(21)6-4-17/h3-6H,2,7-16H2,1H3,(H,22,25). The number of hydrogen-bond acceptors (Lipinski definition) is 4. The van der Waals surface area contributed by atoms with Crippen LogP contribution in [0, 0.1) is 0 Å². The molecule has 6 heteroatoms. The van der Waals surface area contributed by atoms with E-state index < -0.39 is 5.41 Å². The molecular weight excluding hydrogens is 394 g/mol. The quantitative estimate of drug-likeness (QED) is 0.712. The SMILES string of the molecule is CN1CCN(CCCNC(=O)C2(c3ccc(Br)cc3)CCOCC2)CC1. The number of ether oxygens (including phenoxy) is 1. The summed E-state index contributed by atoms with van der Waals surface area (Å²) in [5, 5.41) is 3.21. The smallest absolute Gasteiger partial charge is 0.230 e. The van der Waals surface area contributed by atoms with Gasteiger partial charge in [0.05, 0.1) is 5.41 Å². The number of halogens is 1. The van der Waals surface area contributed by atoms with Crippen molar-refractivity contribution in [2.24, 2.45) is 0 Å². The number of rotatable bonds is 6. The Morgan fingerprint density at radius 3 is 2.46 bits per heavy atom.